The van der Waals surface area contributed by atoms with Gasteiger partial charge in [0.2, 0.25) is 0 Å². The first-order valence-corrected chi connectivity index (χ1v) is 6.24. The maximum absolute atomic E-state index is 4.56. The third-order valence-electron chi connectivity index (χ3n) is 3.20. The van der Waals surface area contributed by atoms with Crippen LogP contribution >= 0.6 is 0 Å². The Labute approximate surface area is 108 Å². The molecule has 96 valence electrons. The Morgan fingerprint density at radius 1 is 1.17 bits per heavy atom. The van der Waals surface area contributed by atoms with E-state index in [0.29, 0.717) is 6.04 Å². The van der Waals surface area contributed by atoms with Crippen LogP contribution in [0.3, 0.4) is 0 Å². The number of fused-ring (bicyclic) bond motifs is 1. The van der Waals surface area contributed by atoms with E-state index in [-0.39, 0.29) is 5.41 Å². The molecule has 4 heteroatoms. The fraction of sp³-hybridized carbons (Fsp3) is 0.500. The number of nitrogens with zero attached hydrogens (tertiary/aromatic N) is 3. The molecule has 0 radical (unpaired) electrons. The number of hydrogen-bond donors (Lipinski definition) is 1. The lowest BCUT2D eigenvalue weighted by molar-refractivity contribution is 0.278. The Hall–Kier alpha value is -1.55. The van der Waals surface area contributed by atoms with Gasteiger partial charge >= 0.3 is 0 Å². The molecule has 0 fully saturated rings. The van der Waals surface area contributed by atoms with Gasteiger partial charge in [-0.2, -0.15) is 0 Å². The molecular weight excluding hydrogens is 224 g/mol. The van der Waals surface area contributed by atoms with Crippen molar-refractivity contribution >= 4 is 11.2 Å². The van der Waals surface area contributed by atoms with Gasteiger partial charge in [-0.25, -0.2) is 9.97 Å². The summed E-state index contributed by atoms with van der Waals surface area (Å²) < 4.78 is 0. The molecule has 18 heavy (non-hydrogen) atoms. The lowest BCUT2D eigenvalue weighted by atomic mass is 9.84. The highest BCUT2D eigenvalue weighted by atomic mass is 14.9. The second-order valence-electron chi connectivity index (χ2n) is 5.61. The van der Waals surface area contributed by atoms with Crippen molar-refractivity contribution in [2.24, 2.45) is 5.41 Å². The summed E-state index contributed by atoms with van der Waals surface area (Å²) in [5.74, 6) is 0. The average molecular weight is 244 g/mol. The van der Waals surface area contributed by atoms with Crippen LogP contribution in [0.25, 0.3) is 11.2 Å². The lowest BCUT2D eigenvalue weighted by Gasteiger charge is -2.30. The van der Waals surface area contributed by atoms with Crippen LogP contribution in [-0.2, 0) is 6.42 Å². The molecule has 2 heterocycles. The van der Waals surface area contributed by atoms with Gasteiger partial charge in [-0.15, -0.1) is 0 Å². The Balaban J connectivity index is 2.26. The minimum Gasteiger partial charge on any atom is -0.316 e. The Bertz CT molecular complexity index is 531. The summed E-state index contributed by atoms with van der Waals surface area (Å²) in [6, 6.07) is 4.41. The minimum atomic E-state index is 0.202. The molecule has 0 amide bonds. The fourth-order valence-electron chi connectivity index (χ4n) is 2.06. The second kappa shape index (κ2) is 4.98. The highest BCUT2D eigenvalue weighted by Crippen LogP contribution is 2.22. The van der Waals surface area contributed by atoms with Gasteiger partial charge in [-0.3, -0.25) is 4.98 Å². The number of nitrogens with one attached hydrogen (secondary N) is 1. The Morgan fingerprint density at radius 3 is 2.56 bits per heavy atom. The zero-order chi connectivity index (χ0) is 13.2. The Kier molecular flexibility index (Phi) is 3.57. The molecule has 0 saturated carbocycles. The van der Waals surface area contributed by atoms with E-state index in [2.05, 4.69) is 41.0 Å². The third-order valence-corrected chi connectivity index (χ3v) is 3.20. The first-order valence-electron chi connectivity index (χ1n) is 6.24. The van der Waals surface area contributed by atoms with E-state index in [1.54, 1.807) is 12.4 Å². The monoisotopic (exact) mass is 244 g/mol. The van der Waals surface area contributed by atoms with Crippen LogP contribution in [0.4, 0.5) is 0 Å². The molecule has 0 aliphatic heterocycles. The van der Waals surface area contributed by atoms with Gasteiger partial charge in [0, 0.05) is 30.6 Å². The van der Waals surface area contributed by atoms with Crippen LogP contribution in [0.15, 0.2) is 24.5 Å². The molecule has 0 bridgehead atoms. The summed E-state index contributed by atoms with van der Waals surface area (Å²) >= 11 is 0. The zero-order valence-corrected chi connectivity index (χ0v) is 11.4. The van der Waals surface area contributed by atoms with Crippen LogP contribution < -0.4 is 5.32 Å². The zero-order valence-electron chi connectivity index (χ0n) is 11.4. The summed E-state index contributed by atoms with van der Waals surface area (Å²) in [5.41, 5.74) is 2.82. The molecule has 1 N–H and O–H groups in total. The first kappa shape index (κ1) is 12.9. The summed E-state index contributed by atoms with van der Waals surface area (Å²) in [7, 11) is 2.00. The maximum Gasteiger partial charge on any atom is 0.178 e. The first-order chi connectivity index (χ1) is 8.50. The molecule has 2 aromatic heterocycles. The van der Waals surface area contributed by atoms with Gasteiger partial charge in [0.15, 0.2) is 5.65 Å². The SMILES string of the molecule is CNC(Cc1ccc2nccnc2n1)C(C)(C)C. The number of likely N-dealkylation sites (N-methyl/N-ethyl adjacent to an activating group) is 1. The fourth-order valence-corrected chi connectivity index (χ4v) is 2.06. The standard InChI is InChI=1S/C14H20N4/c1-14(2,3)12(15-4)9-10-5-6-11-13(18-10)17-8-7-16-11/h5-8,12,15H,9H2,1-4H3. The van der Waals surface area contributed by atoms with Gasteiger partial charge in [-0.1, -0.05) is 20.8 Å². The molecule has 0 aliphatic carbocycles. The van der Waals surface area contributed by atoms with Crippen LogP contribution in [0.1, 0.15) is 26.5 Å². The number of pyridine rings is 1. The summed E-state index contributed by atoms with van der Waals surface area (Å²) in [6.07, 6.45) is 4.26. The third kappa shape index (κ3) is 2.82. The second-order valence-corrected chi connectivity index (χ2v) is 5.61. The Morgan fingerprint density at radius 2 is 1.89 bits per heavy atom. The predicted octanol–water partition coefficient (Wildman–Crippen LogP) is 2.20. The van der Waals surface area contributed by atoms with E-state index in [4.69, 9.17) is 0 Å². The minimum absolute atomic E-state index is 0.202. The lowest BCUT2D eigenvalue weighted by Crippen LogP contribution is -2.39. The molecular formula is C14H20N4. The summed E-state index contributed by atoms with van der Waals surface area (Å²) in [5, 5.41) is 3.36. The topological polar surface area (TPSA) is 50.7 Å². The van der Waals surface area contributed by atoms with E-state index in [0.717, 1.165) is 23.3 Å². The molecule has 0 aliphatic rings. The summed E-state index contributed by atoms with van der Waals surface area (Å²) in [4.78, 5) is 13.0. The molecule has 2 rings (SSSR count). The van der Waals surface area contributed by atoms with Crippen molar-refractivity contribution in [3.05, 3.63) is 30.2 Å². The smallest absolute Gasteiger partial charge is 0.178 e. The predicted molar refractivity (Wildman–Crippen MR) is 73.3 cm³/mol. The number of hydrogen-bond acceptors (Lipinski definition) is 4. The quantitative estimate of drug-likeness (QED) is 0.899. The van der Waals surface area contributed by atoms with E-state index in [9.17, 15) is 0 Å². The van der Waals surface area contributed by atoms with Gasteiger partial charge in [0.25, 0.3) is 0 Å². The normalized spacial score (nSPS) is 13.8. The highest BCUT2D eigenvalue weighted by Gasteiger charge is 2.23. The van der Waals surface area contributed by atoms with Crippen molar-refractivity contribution in [2.45, 2.75) is 33.2 Å². The van der Waals surface area contributed by atoms with Gasteiger partial charge in [0.05, 0.1) is 0 Å². The highest BCUT2D eigenvalue weighted by molar-refractivity contribution is 5.68. The maximum atomic E-state index is 4.56. The van der Waals surface area contributed by atoms with Crippen molar-refractivity contribution in [3.8, 4) is 0 Å². The van der Waals surface area contributed by atoms with Crippen LogP contribution in [-0.4, -0.2) is 28.0 Å². The molecule has 0 spiro atoms. The van der Waals surface area contributed by atoms with Gasteiger partial charge < -0.3 is 5.32 Å². The van der Waals surface area contributed by atoms with Gasteiger partial charge in [-0.05, 0) is 24.6 Å². The van der Waals surface area contributed by atoms with E-state index in [1.165, 1.54) is 0 Å². The van der Waals surface area contributed by atoms with E-state index >= 15 is 0 Å². The largest absolute Gasteiger partial charge is 0.316 e. The van der Waals surface area contributed by atoms with Crippen LogP contribution in [0, 0.1) is 5.41 Å². The number of aromatic nitrogens is 3. The van der Waals surface area contributed by atoms with Crippen molar-refractivity contribution in [1.29, 1.82) is 0 Å². The van der Waals surface area contributed by atoms with Crippen LogP contribution in [0.5, 0.6) is 0 Å². The van der Waals surface area contributed by atoms with Crippen molar-refractivity contribution in [3.63, 3.8) is 0 Å². The molecule has 2 aromatic rings. The molecule has 1 atom stereocenters. The molecule has 0 saturated heterocycles. The number of rotatable bonds is 3. The van der Waals surface area contributed by atoms with E-state index in [1.807, 2.05) is 19.2 Å². The van der Waals surface area contributed by atoms with Crippen molar-refractivity contribution < 1.29 is 0 Å². The molecule has 1 unspecified atom stereocenters. The van der Waals surface area contributed by atoms with Crippen molar-refractivity contribution in [2.75, 3.05) is 7.05 Å². The molecule has 0 aromatic carbocycles. The molecule has 4 nitrogen and oxygen atoms in total. The van der Waals surface area contributed by atoms with Crippen LogP contribution in [0.2, 0.25) is 0 Å². The average Bonchev–Trinajstić information content (AvgIpc) is 2.34. The van der Waals surface area contributed by atoms with Crippen molar-refractivity contribution in [1.82, 2.24) is 20.3 Å². The van der Waals surface area contributed by atoms with Gasteiger partial charge in [0.1, 0.15) is 5.52 Å². The summed E-state index contributed by atoms with van der Waals surface area (Å²) in [6.45, 7) is 6.69. The van der Waals surface area contributed by atoms with E-state index < -0.39 is 0 Å².